The Hall–Kier alpha value is -1.00. The average Bonchev–Trinajstić information content (AvgIpc) is 2.71. The molecule has 0 aliphatic carbocycles. The number of nitrogens with zero attached hydrogens (tertiary/aromatic N) is 1. The van der Waals surface area contributed by atoms with Crippen LogP contribution in [0.25, 0.3) is 0 Å². The van der Waals surface area contributed by atoms with Gasteiger partial charge in [0.1, 0.15) is 0 Å². The van der Waals surface area contributed by atoms with Crippen LogP contribution in [0.1, 0.15) is 17.5 Å². The molecule has 1 saturated heterocycles. The summed E-state index contributed by atoms with van der Waals surface area (Å²) < 4.78 is 0. The predicted octanol–water partition coefficient (Wildman–Crippen LogP) is 1.46. The van der Waals surface area contributed by atoms with E-state index in [1.54, 1.807) is 0 Å². The van der Waals surface area contributed by atoms with Gasteiger partial charge in [-0.05, 0) is 22.8 Å². The number of likely N-dealkylation sites (tertiary alicyclic amines) is 1. The summed E-state index contributed by atoms with van der Waals surface area (Å²) in [5.74, 6) is 1.38. The highest BCUT2D eigenvalue weighted by atomic mass is 32.1. The smallest absolute Gasteiger partial charge is 0.223 e. The zero-order valence-corrected chi connectivity index (χ0v) is 10.6. The van der Waals surface area contributed by atoms with Gasteiger partial charge >= 0.3 is 0 Å². The molecule has 2 rings (SSSR count). The number of aliphatic hydroxyl groups excluding tert-OH is 1. The largest absolute Gasteiger partial charge is 0.392 e. The minimum atomic E-state index is 0.0602. The Labute approximate surface area is 107 Å². The van der Waals surface area contributed by atoms with E-state index in [9.17, 15) is 4.79 Å². The normalized spacial score (nSPS) is 20.0. The van der Waals surface area contributed by atoms with Crippen LogP contribution in [0, 0.1) is 5.92 Å². The third kappa shape index (κ3) is 3.01. The van der Waals surface area contributed by atoms with Gasteiger partial charge in [0.2, 0.25) is 5.91 Å². The van der Waals surface area contributed by atoms with Crippen LogP contribution < -0.4 is 0 Å². The number of aliphatic hydroxyl groups is 1. The van der Waals surface area contributed by atoms with Crippen molar-refractivity contribution in [2.45, 2.75) is 19.6 Å². The summed E-state index contributed by atoms with van der Waals surface area (Å²) in [6.45, 7) is 1.53. The van der Waals surface area contributed by atoms with Crippen molar-refractivity contribution in [3.63, 3.8) is 0 Å². The van der Waals surface area contributed by atoms with Crippen molar-refractivity contribution in [1.82, 2.24) is 4.90 Å². The van der Waals surface area contributed by atoms with E-state index in [1.807, 2.05) is 29.2 Å². The molecule has 3 nitrogen and oxygen atoms in total. The van der Waals surface area contributed by atoms with E-state index in [1.165, 1.54) is 0 Å². The highest BCUT2D eigenvalue weighted by Gasteiger charge is 2.28. The molecule has 1 atom stereocenters. The molecule has 92 valence electrons. The van der Waals surface area contributed by atoms with E-state index in [0.29, 0.717) is 18.9 Å². The highest BCUT2D eigenvalue weighted by Crippen LogP contribution is 2.21. The summed E-state index contributed by atoms with van der Waals surface area (Å²) in [6, 6.07) is 7.72. The monoisotopic (exact) mass is 251 g/mol. The second kappa shape index (κ2) is 5.56. The van der Waals surface area contributed by atoms with Crippen molar-refractivity contribution in [1.29, 1.82) is 0 Å². The number of benzene rings is 1. The Bertz CT molecular complexity index is 391. The Balaban J connectivity index is 1.98. The fraction of sp³-hybridized carbons (Fsp3) is 0.462. The first-order chi connectivity index (χ1) is 8.22. The second-order valence-corrected chi connectivity index (χ2v) is 4.87. The molecule has 1 unspecified atom stereocenters. The molecule has 1 aliphatic heterocycles. The van der Waals surface area contributed by atoms with Crippen molar-refractivity contribution < 1.29 is 9.90 Å². The van der Waals surface area contributed by atoms with Crippen LogP contribution in [0.3, 0.4) is 0 Å². The quantitative estimate of drug-likeness (QED) is 0.795. The molecule has 0 bridgehead atoms. The molecular formula is C13H17NO2S. The number of carbonyl (C=O) groups is 1. The van der Waals surface area contributed by atoms with Crippen LogP contribution in [-0.2, 0) is 17.9 Å². The Morgan fingerprint density at radius 3 is 2.47 bits per heavy atom. The SMILES string of the molecule is O=C1CC(CS)CN1Cc1ccc(CO)cc1. The lowest BCUT2D eigenvalue weighted by Gasteiger charge is -2.16. The number of amides is 1. The van der Waals surface area contributed by atoms with Gasteiger partial charge in [0, 0.05) is 19.5 Å². The van der Waals surface area contributed by atoms with Crippen molar-refractivity contribution in [3.05, 3.63) is 35.4 Å². The Morgan fingerprint density at radius 2 is 1.94 bits per heavy atom. The van der Waals surface area contributed by atoms with E-state index in [-0.39, 0.29) is 12.5 Å². The van der Waals surface area contributed by atoms with Crippen LogP contribution in [0.2, 0.25) is 0 Å². The lowest BCUT2D eigenvalue weighted by Crippen LogP contribution is -2.24. The molecular weight excluding hydrogens is 234 g/mol. The minimum Gasteiger partial charge on any atom is -0.392 e. The van der Waals surface area contributed by atoms with Crippen LogP contribution >= 0.6 is 12.6 Å². The standard InChI is InChI=1S/C13H17NO2S/c15-8-11-3-1-10(2-4-11)6-14-7-12(9-17)5-13(14)16/h1-4,12,15,17H,5-9H2. The van der Waals surface area contributed by atoms with E-state index < -0.39 is 0 Å². The van der Waals surface area contributed by atoms with Gasteiger partial charge < -0.3 is 10.0 Å². The summed E-state index contributed by atoms with van der Waals surface area (Å²) in [6.07, 6.45) is 0.623. The van der Waals surface area contributed by atoms with E-state index in [4.69, 9.17) is 5.11 Å². The summed E-state index contributed by atoms with van der Waals surface area (Å²) in [5, 5.41) is 8.95. The van der Waals surface area contributed by atoms with Crippen molar-refractivity contribution >= 4 is 18.5 Å². The zero-order valence-electron chi connectivity index (χ0n) is 9.67. The molecule has 1 heterocycles. The van der Waals surface area contributed by atoms with Crippen molar-refractivity contribution in [3.8, 4) is 0 Å². The molecule has 4 heteroatoms. The van der Waals surface area contributed by atoms with Gasteiger partial charge in [0.15, 0.2) is 0 Å². The molecule has 0 radical (unpaired) electrons. The van der Waals surface area contributed by atoms with Crippen LogP contribution in [0.4, 0.5) is 0 Å². The second-order valence-electron chi connectivity index (χ2n) is 4.50. The molecule has 0 spiro atoms. The molecule has 0 aromatic heterocycles. The molecule has 1 fully saturated rings. The van der Waals surface area contributed by atoms with Crippen LogP contribution in [0.15, 0.2) is 24.3 Å². The van der Waals surface area contributed by atoms with E-state index in [2.05, 4.69) is 12.6 Å². The van der Waals surface area contributed by atoms with Gasteiger partial charge in [-0.15, -0.1) is 0 Å². The molecule has 1 amide bonds. The maximum atomic E-state index is 11.7. The van der Waals surface area contributed by atoms with Crippen LogP contribution in [0.5, 0.6) is 0 Å². The third-order valence-electron chi connectivity index (χ3n) is 3.13. The Morgan fingerprint density at radius 1 is 1.29 bits per heavy atom. The summed E-state index contributed by atoms with van der Waals surface area (Å²) in [4.78, 5) is 13.6. The minimum absolute atomic E-state index is 0.0602. The van der Waals surface area contributed by atoms with Gasteiger partial charge in [-0.3, -0.25) is 4.79 Å². The first-order valence-corrected chi connectivity index (χ1v) is 6.43. The fourth-order valence-corrected chi connectivity index (χ4v) is 2.34. The number of hydrogen-bond donors (Lipinski definition) is 2. The number of rotatable bonds is 4. The maximum absolute atomic E-state index is 11.7. The lowest BCUT2D eigenvalue weighted by atomic mass is 10.1. The third-order valence-corrected chi connectivity index (χ3v) is 3.65. The first kappa shape index (κ1) is 12.5. The number of hydrogen-bond acceptors (Lipinski definition) is 3. The van der Waals surface area contributed by atoms with Gasteiger partial charge in [-0.2, -0.15) is 12.6 Å². The highest BCUT2D eigenvalue weighted by molar-refractivity contribution is 7.80. The number of thiol groups is 1. The molecule has 1 aliphatic rings. The van der Waals surface area contributed by atoms with Gasteiger partial charge in [-0.25, -0.2) is 0 Å². The zero-order chi connectivity index (χ0) is 12.3. The van der Waals surface area contributed by atoms with Crippen molar-refractivity contribution in [2.75, 3.05) is 12.3 Å². The van der Waals surface area contributed by atoms with Gasteiger partial charge in [0.25, 0.3) is 0 Å². The maximum Gasteiger partial charge on any atom is 0.223 e. The van der Waals surface area contributed by atoms with Gasteiger partial charge in [0.05, 0.1) is 6.61 Å². The number of carbonyl (C=O) groups excluding carboxylic acids is 1. The molecule has 1 aromatic rings. The molecule has 1 aromatic carbocycles. The van der Waals surface area contributed by atoms with Crippen molar-refractivity contribution in [2.24, 2.45) is 5.92 Å². The Kier molecular flexibility index (Phi) is 4.07. The predicted molar refractivity (Wildman–Crippen MR) is 69.7 cm³/mol. The molecule has 17 heavy (non-hydrogen) atoms. The molecule has 1 N–H and O–H groups in total. The summed E-state index contributed by atoms with van der Waals surface area (Å²) in [7, 11) is 0. The van der Waals surface area contributed by atoms with Gasteiger partial charge in [-0.1, -0.05) is 24.3 Å². The fourth-order valence-electron chi connectivity index (χ4n) is 2.10. The summed E-state index contributed by atoms with van der Waals surface area (Å²) in [5.41, 5.74) is 2.00. The lowest BCUT2D eigenvalue weighted by molar-refractivity contribution is -0.128. The topological polar surface area (TPSA) is 40.5 Å². The summed E-state index contributed by atoms with van der Waals surface area (Å²) >= 11 is 4.24. The van der Waals surface area contributed by atoms with E-state index in [0.717, 1.165) is 23.4 Å². The average molecular weight is 251 g/mol. The first-order valence-electron chi connectivity index (χ1n) is 5.80. The van der Waals surface area contributed by atoms with Crippen LogP contribution in [-0.4, -0.2) is 28.2 Å². The molecule has 0 saturated carbocycles. The van der Waals surface area contributed by atoms with E-state index >= 15 is 0 Å².